The second kappa shape index (κ2) is 8.35. The molecule has 0 N–H and O–H groups in total. The quantitative estimate of drug-likeness (QED) is 0.608. The van der Waals surface area contributed by atoms with E-state index < -0.39 is 0 Å². The lowest BCUT2D eigenvalue weighted by atomic mass is 10.1. The first-order chi connectivity index (χ1) is 12.5. The molecule has 1 aliphatic heterocycles. The van der Waals surface area contributed by atoms with Crippen molar-refractivity contribution in [1.29, 1.82) is 0 Å². The second-order valence-electron chi connectivity index (χ2n) is 6.60. The fraction of sp³-hybridized carbons (Fsp3) is 0.421. The molecule has 0 aliphatic carbocycles. The standard InChI is InChI=1S/C19H22ClN5O/c1-23(2)9-10-25-14-15(12-22-25)3-4-16-13-21-19(20)11-18(16)24-7-5-17(26)6-8-24/h11-14H,5-10H2,1-2H3. The van der Waals surface area contributed by atoms with Gasteiger partial charge < -0.3 is 9.80 Å². The number of nitrogens with zero attached hydrogens (tertiary/aromatic N) is 5. The van der Waals surface area contributed by atoms with Crippen molar-refractivity contribution in [1.82, 2.24) is 19.7 Å². The van der Waals surface area contributed by atoms with Gasteiger partial charge >= 0.3 is 0 Å². The number of hydrogen-bond donors (Lipinski definition) is 0. The van der Waals surface area contributed by atoms with Gasteiger partial charge in [-0.1, -0.05) is 23.4 Å². The van der Waals surface area contributed by atoms with Gasteiger partial charge in [0, 0.05) is 50.9 Å². The van der Waals surface area contributed by atoms with E-state index in [9.17, 15) is 4.79 Å². The summed E-state index contributed by atoms with van der Waals surface area (Å²) < 4.78 is 1.89. The number of hydrogen-bond acceptors (Lipinski definition) is 5. The van der Waals surface area contributed by atoms with Crippen LogP contribution in [0.15, 0.2) is 24.7 Å². The van der Waals surface area contributed by atoms with Crippen LogP contribution in [0.4, 0.5) is 5.69 Å². The number of carbonyl (C=O) groups is 1. The number of carbonyl (C=O) groups excluding carboxylic acids is 1. The highest BCUT2D eigenvalue weighted by molar-refractivity contribution is 6.29. The number of pyridine rings is 1. The van der Waals surface area contributed by atoms with Gasteiger partial charge in [0.25, 0.3) is 0 Å². The average molecular weight is 372 g/mol. The number of likely N-dealkylation sites (N-methyl/N-ethyl adjacent to an activating group) is 1. The first-order valence-corrected chi connectivity index (χ1v) is 9.00. The molecule has 1 aliphatic rings. The van der Waals surface area contributed by atoms with E-state index in [0.717, 1.165) is 29.9 Å². The summed E-state index contributed by atoms with van der Waals surface area (Å²) in [6.45, 7) is 3.13. The van der Waals surface area contributed by atoms with Crippen molar-refractivity contribution in [3.05, 3.63) is 40.9 Å². The van der Waals surface area contributed by atoms with Gasteiger partial charge in [-0.25, -0.2) is 4.98 Å². The Bertz CT molecular complexity index is 839. The SMILES string of the molecule is CN(C)CCn1cc(C#Cc2cnc(Cl)cc2N2CCC(=O)CC2)cn1. The lowest BCUT2D eigenvalue weighted by Gasteiger charge is -2.29. The number of ketones is 1. The minimum Gasteiger partial charge on any atom is -0.370 e. The molecule has 0 amide bonds. The van der Waals surface area contributed by atoms with Crippen molar-refractivity contribution in [2.75, 3.05) is 38.6 Å². The summed E-state index contributed by atoms with van der Waals surface area (Å²) in [4.78, 5) is 19.9. The lowest BCUT2D eigenvalue weighted by molar-refractivity contribution is -0.119. The van der Waals surface area contributed by atoms with Crippen LogP contribution in [-0.2, 0) is 11.3 Å². The van der Waals surface area contributed by atoms with E-state index in [0.29, 0.717) is 36.9 Å². The maximum Gasteiger partial charge on any atom is 0.136 e. The average Bonchev–Trinajstić information content (AvgIpc) is 3.07. The van der Waals surface area contributed by atoms with Crippen LogP contribution in [0.3, 0.4) is 0 Å². The van der Waals surface area contributed by atoms with Crippen LogP contribution in [0, 0.1) is 11.8 Å². The lowest BCUT2D eigenvalue weighted by Crippen LogP contribution is -2.34. The van der Waals surface area contributed by atoms with Crippen molar-refractivity contribution in [3.63, 3.8) is 0 Å². The number of rotatable bonds is 4. The minimum absolute atomic E-state index is 0.305. The van der Waals surface area contributed by atoms with Gasteiger partial charge in [-0.3, -0.25) is 9.48 Å². The summed E-state index contributed by atoms with van der Waals surface area (Å²) in [5.41, 5.74) is 2.60. The zero-order valence-electron chi connectivity index (χ0n) is 15.1. The van der Waals surface area contributed by atoms with Crippen LogP contribution in [0.1, 0.15) is 24.0 Å². The largest absolute Gasteiger partial charge is 0.370 e. The number of aromatic nitrogens is 3. The summed E-state index contributed by atoms with van der Waals surface area (Å²) in [6, 6.07) is 1.82. The van der Waals surface area contributed by atoms with Crippen molar-refractivity contribution in [2.45, 2.75) is 19.4 Å². The Kier molecular flexibility index (Phi) is 5.92. The summed E-state index contributed by atoms with van der Waals surface area (Å²) in [7, 11) is 4.07. The Labute approximate surface area is 158 Å². The molecule has 0 radical (unpaired) electrons. The molecule has 1 saturated heterocycles. The smallest absolute Gasteiger partial charge is 0.136 e. The predicted octanol–water partition coefficient (Wildman–Crippen LogP) is 2.06. The Morgan fingerprint density at radius 2 is 2.00 bits per heavy atom. The molecule has 0 spiro atoms. The molecule has 0 atom stereocenters. The van der Waals surface area contributed by atoms with Crippen molar-refractivity contribution in [2.24, 2.45) is 0 Å². The topological polar surface area (TPSA) is 54.3 Å². The molecular weight excluding hydrogens is 350 g/mol. The highest BCUT2D eigenvalue weighted by atomic mass is 35.5. The molecule has 0 bridgehead atoms. The Morgan fingerprint density at radius 1 is 1.23 bits per heavy atom. The highest BCUT2D eigenvalue weighted by Gasteiger charge is 2.19. The van der Waals surface area contributed by atoms with Crippen LogP contribution in [0.2, 0.25) is 5.15 Å². The number of anilines is 1. The van der Waals surface area contributed by atoms with Crippen LogP contribution in [0.5, 0.6) is 0 Å². The molecule has 2 aromatic rings. The molecule has 26 heavy (non-hydrogen) atoms. The first kappa shape index (κ1) is 18.4. The van der Waals surface area contributed by atoms with Gasteiger partial charge in [-0.05, 0) is 14.1 Å². The van der Waals surface area contributed by atoms with Crippen LogP contribution in [-0.4, -0.2) is 59.2 Å². The zero-order valence-corrected chi connectivity index (χ0v) is 15.8. The molecule has 136 valence electrons. The Balaban J connectivity index is 1.78. The van der Waals surface area contributed by atoms with Gasteiger partial charge in [-0.15, -0.1) is 0 Å². The summed E-state index contributed by atoms with van der Waals surface area (Å²) in [5, 5.41) is 4.77. The highest BCUT2D eigenvalue weighted by Crippen LogP contribution is 2.25. The van der Waals surface area contributed by atoms with E-state index in [-0.39, 0.29) is 0 Å². The van der Waals surface area contributed by atoms with Gasteiger partial charge in [-0.2, -0.15) is 5.10 Å². The maximum absolute atomic E-state index is 11.5. The molecular formula is C19H22ClN5O. The van der Waals surface area contributed by atoms with Gasteiger partial charge in [0.05, 0.1) is 29.6 Å². The maximum atomic E-state index is 11.5. The van der Waals surface area contributed by atoms with E-state index in [2.05, 4.69) is 31.7 Å². The predicted molar refractivity (Wildman–Crippen MR) is 102 cm³/mol. The molecule has 0 saturated carbocycles. The summed E-state index contributed by atoms with van der Waals surface area (Å²) in [5.74, 6) is 6.64. The molecule has 3 heterocycles. The Hall–Kier alpha value is -2.36. The molecule has 0 unspecified atom stereocenters. The second-order valence-corrected chi connectivity index (χ2v) is 6.98. The van der Waals surface area contributed by atoms with E-state index in [4.69, 9.17) is 11.6 Å². The number of piperidine rings is 1. The van der Waals surface area contributed by atoms with Gasteiger partial charge in [0.1, 0.15) is 10.9 Å². The molecule has 6 nitrogen and oxygen atoms in total. The van der Waals surface area contributed by atoms with E-state index in [1.807, 2.05) is 31.0 Å². The first-order valence-electron chi connectivity index (χ1n) is 8.62. The zero-order chi connectivity index (χ0) is 18.5. The normalized spacial score (nSPS) is 14.5. The van der Waals surface area contributed by atoms with Crippen molar-refractivity contribution in [3.8, 4) is 11.8 Å². The van der Waals surface area contributed by atoms with E-state index in [1.54, 1.807) is 12.4 Å². The molecule has 2 aromatic heterocycles. The summed E-state index contributed by atoms with van der Waals surface area (Å²) >= 11 is 6.08. The fourth-order valence-electron chi connectivity index (χ4n) is 2.77. The third-order valence-corrected chi connectivity index (χ3v) is 4.47. The monoisotopic (exact) mass is 371 g/mol. The molecule has 3 rings (SSSR count). The van der Waals surface area contributed by atoms with Gasteiger partial charge in [0.15, 0.2) is 0 Å². The van der Waals surface area contributed by atoms with Crippen LogP contribution >= 0.6 is 11.6 Å². The molecule has 1 fully saturated rings. The van der Waals surface area contributed by atoms with Crippen LogP contribution in [0.25, 0.3) is 0 Å². The van der Waals surface area contributed by atoms with Crippen LogP contribution < -0.4 is 4.90 Å². The Morgan fingerprint density at radius 3 is 2.73 bits per heavy atom. The third kappa shape index (κ3) is 4.84. The fourth-order valence-corrected chi connectivity index (χ4v) is 2.92. The number of Topliss-reactive ketones (excluding diaryl/α,β-unsaturated/α-hetero) is 1. The van der Waals surface area contributed by atoms with Crippen molar-refractivity contribution < 1.29 is 4.79 Å². The van der Waals surface area contributed by atoms with E-state index in [1.165, 1.54) is 0 Å². The number of halogens is 1. The summed E-state index contributed by atoms with van der Waals surface area (Å²) in [6.07, 6.45) is 6.53. The van der Waals surface area contributed by atoms with Crippen molar-refractivity contribution >= 4 is 23.1 Å². The third-order valence-electron chi connectivity index (χ3n) is 4.26. The van der Waals surface area contributed by atoms with E-state index >= 15 is 0 Å². The molecule has 0 aromatic carbocycles. The minimum atomic E-state index is 0.305. The molecule has 7 heteroatoms. The van der Waals surface area contributed by atoms with Gasteiger partial charge in [0.2, 0.25) is 0 Å².